The van der Waals surface area contributed by atoms with Crippen LogP contribution in [-0.4, -0.2) is 22.8 Å². The minimum absolute atomic E-state index is 0.0203. The maximum Gasteiger partial charge on any atom is 0.308 e. The van der Waals surface area contributed by atoms with E-state index in [-0.39, 0.29) is 24.3 Å². The number of ether oxygens (including phenoxy) is 1. The van der Waals surface area contributed by atoms with Gasteiger partial charge in [0.05, 0.1) is 19.1 Å². The van der Waals surface area contributed by atoms with E-state index in [4.69, 9.17) is 0 Å². The van der Waals surface area contributed by atoms with E-state index in [9.17, 15) is 19.4 Å². The molecule has 0 bridgehead atoms. The molecular weight excluding hydrogens is 215 g/mol. The fourth-order valence-electron chi connectivity index (χ4n) is 1.28. The van der Waals surface area contributed by atoms with Crippen LogP contribution < -0.4 is 0 Å². The summed E-state index contributed by atoms with van der Waals surface area (Å²) in [5, 5.41) is 19.0. The molecule has 0 aliphatic rings. The predicted molar refractivity (Wildman–Crippen MR) is 54.3 cm³/mol. The lowest BCUT2D eigenvalue weighted by atomic mass is 10.1. The van der Waals surface area contributed by atoms with E-state index in [1.807, 2.05) is 0 Å². The molecule has 0 aromatic heterocycles. The second-order valence-electron chi connectivity index (χ2n) is 3.23. The van der Waals surface area contributed by atoms with Crippen molar-refractivity contribution in [1.29, 1.82) is 0 Å². The van der Waals surface area contributed by atoms with E-state index < -0.39 is 17.9 Å². The van der Waals surface area contributed by atoms with Gasteiger partial charge >= 0.3 is 5.97 Å². The minimum atomic E-state index is -1.27. The maximum atomic E-state index is 12.9. The molecule has 1 aromatic rings. The number of esters is 1. The van der Waals surface area contributed by atoms with Gasteiger partial charge < -0.3 is 14.9 Å². The SMILES string of the molecule is CCOC(=O)CC(O)c1cc(F)ccc1O. The molecule has 16 heavy (non-hydrogen) atoms. The van der Waals surface area contributed by atoms with Gasteiger partial charge in [0.2, 0.25) is 0 Å². The largest absolute Gasteiger partial charge is 0.508 e. The molecule has 1 rings (SSSR count). The number of rotatable bonds is 4. The molecule has 0 heterocycles. The third-order valence-corrected chi connectivity index (χ3v) is 2.01. The zero-order chi connectivity index (χ0) is 12.1. The smallest absolute Gasteiger partial charge is 0.308 e. The van der Waals surface area contributed by atoms with Crippen LogP contribution in [0.3, 0.4) is 0 Å². The topological polar surface area (TPSA) is 66.8 Å². The fraction of sp³-hybridized carbons (Fsp3) is 0.364. The molecule has 1 atom stereocenters. The molecule has 0 amide bonds. The quantitative estimate of drug-likeness (QED) is 0.767. The highest BCUT2D eigenvalue weighted by Crippen LogP contribution is 2.27. The Kier molecular flexibility index (Phi) is 4.25. The van der Waals surface area contributed by atoms with Crippen molar-refractivity contribution in [3.8, 4) is 5.75 Å². The van der Waals surface area contributed by atoms with Crippen LogP contribution in [-0.2, 0) is 9.53 Å². The van der Waals surface area contributed by atoms with Gasteiger partial charge in [0, 0.05) is 5.56 Å². The van der Waals surface area contributed by atoms with E-state index in [1.165, 1.54) is 0 Å². The van der Waals surface area contributed by atoms with Crippen LogP contribution in [0.2, 0.25) is 0 Å². The number of benzene rings is 1. The van der Waals surface area contributed by atoms with Crippen molar-refractivity contribution in [3.05, 3.63) is 29.6 Å². The van der Waals surface area contributed by atoms with Gasteiger partial charge in [-0.05, 0) is 25.1 Å². The Morgan fingerprint density at radius 1 is 1.56 bits per heavy atom. The van der Waals surface area contributed by atoms with Crippen LogP contribution in [0.1, 0.15) is 25.0 Å². The molecule has 0 aliphatic carbocycles. The first kappa shape index (κ1) is 12.4. The van der Waals surface area contributed by atoms with Gasteiger partial charge in [-0.15, -0.1) is 0 Å². The second kappa shape index (κ2) is 5.46. The summed E-state index contributed by atoms with van der Waals surface area (Å²) in [5.74, 6) is -1.44. The molecule has 1 aromatic carbocycles. The van der Waals surface area contributed by atoms with Gasteiger partial charge in [-0.3, -0.25) is 4.79 Å². The standard InChI is InChI=1S/C11H13FO4/c1-2-16-11(15)6-10(14)8-5-7(12)3-4-9(8)13/h3-5,10,13-14H,2,6H2,1H3. The van der Waals surface area contributed by atoms with E-state index in [0.717, 1.165) is 18.2 Å². The van der Waals surface area contributed by atoms with E-state index in [2.05, 4.69) is 4.74 Å². The Morgan fingerprint density at radius 2 is 2.25 bits per heavy atom. The molecule has 0 fully saturated rings. The van der Waals surface area contributed by atoms with Crippen molar-refractivity contribution >= 4 is 5.97 Å². The fourth-order valence-corrected chi connectivity index (χ4v) is 1.28. The molecular formula is C11H13FO4. The summed E-state index contributed by atoms with van der Waals surface area (Å²) in [5.41, 5.74) is -0.0203. The average molecular weight is 228 g/mol. The number of halogens is 1. The number of aliphatic hydroxyl groups excluding tert-OH is 1. The number of phenols is 1. The molecule has 0 spiro atoms. The average Bonchev–Trinajstić information content (AvgIpc) is 2.21. The van der Waals surface area contributed by atoms with Crippen LogP contribution >= 0.6 is 0 Å². The molecule has 5 heteroatoms. The molecule has 0 saturated carbocycles. The Hall–Kier alpha value is -1.62. The first-order chi connectivity index (χ1) is 7.54. The predicted octanol–water partition coefficient (Wildman–Crippen LogP) is 1.52. The second-order valence-corrected chi connectivity index (χ2v) is 3.23. The van der Waals surface area contributed by atoms with Gasteiger partial charge in [0.15, 0.2) is 0 Å². The van der Waals surface area contributed by atoms with Gasteiger partial charge in [0.1, 0.15) is 11.6 Å². The van der Waals surface area contributed by atoms with Crippen molar-refractivity contribution in [1.82, 2.24) is 0 Å². The van der Waals surface area contributed by atoms with E-state index in [1.54, 1.807) is 6.92 Å². The van der Waals surface area contributed by atoms with Crippen LogP contribution in [0, 0.1) is 5.82 Å². The number of aliphatic hydroxyl groups is 1. The van der Waals surface area contributed by atoms with Gasteiger partial charge in [-0.25, -0.2) is 4.39 Å². The Balaban J connectivity index is 2.76. The third-order valence-electron chi connectivity index (χ3n) is 2.01. The normalized spacial score (nSPS) is 12.2. The van der Waals surface area contributed by atoms with Crippen LogP contribution in [0.15, 0.2) is 18.2 Å². The highest BCUT2D eigenvalue weighted by Gasteiger charge is 2.17. The Bertz CT molecular complexity index is 378. The number of carbonyl (C=O) groups excluding carboxylic acids is 1. The Morgan fingerprint density at radius 3 is 2.88 bits per heavy atom. The summed E-state index contributed by atoms with van der Waals surface area (Å²) < 4.78 is 17.5. The lowest BCUT2D eigenvalue weighted by Crippen LogP contribution is -2.10. The monoisotopic (exact) mass is 228 g/mol. The lowest BCUT2D eigenvalue weighted by Gasteiger charge is -2.11. The summed E-state index contributed by atoms with van der Waals surface area (Å²) in [4.78, 5) is 11.1. The van der Waals surface area contributed by atoms with Gasteiger partial charge in [-0.2, -0.15) is 0 Å². The Labute approximate surface area is 92.3 Å². The summed E-state index contributed by atoms with van der Waals surface area (Å²) in [6, 6.07) is 3.17. The number of carbonyl (C=O) groups is 1. The number of hydrogen-bond donors (Lipinski definition) is 2. The summed E-state index contributed by atoms with van der Waals surface area (Å²) >= 11 is 0. The lowest BCUT2D eigenvalue weighted by molar-refractivity contribution is -0.145. The highest BCUT2D eigenvalue weighted by atomic mass is 19.1. The van der Waals surface area contributed by atoms with E-state index >= 15 is 0 Å². The summed E-state index contributed by atoms with van der Waals surface area (Å²) in [6.07, 6.45) is -1.58. The molecule has 0 saturated heterocycles. The first-order valence-electron chi connectivity index (χ1n) is 4.86. The summed E-state index contributed by atoms with van der Waals surface area (Å²) in [6.45, 7) is 1.85. The zero-order valence-corrected chi connectivity index (χ0v) is 8.81. The molecule has 0 aliphatic heterocycles. The molecule has 0 radical (unpaired) electrons. The third kappa shape index (κ3) is 3.20. The van der Waals surface area contributed by atoms with Crippen LogP contribution in [0.5, 0.6) is 5.75 Å². The molecule has 4 nitrogen and oxygen atoms in total. The number of aromatic hydroxyl groups is 1. The van der Waals surface area contributed by atoms with Crippen molar-refractivity contribution < 1.29 is 24.1 Å². The minimum Gasteiger partial charge on any atom is -0.508 e. The van der Waals surface area contributed by atoms with Crippen LogP contribution in [0.4, 0.5) is 4.39 Å². The molecule has 1 unspecified atom stereocenters. The van der Waals surface area contributed by atoms with Crippen molar-refractivity contribution in [3.63, 3.8) is 0 Å². The van der Waals surface area contributed by atoms with Crippen molar-refractivity contribution in [2.45, 2.75) is 19.4 Å². The van der Waals surface area contributed by atoms with Crippen molar-refractivity contribution in [2.24, 2.45) is 0 Å². The van der Waals surface area contributed by atoms with Gasteiger partial charge in [0.25, 0.3) is 0 Å². The molecule has 88 valence electrons. The summed E-state index contributed by atoms with van der Waals surface area (Å²) in [7, 11) is 0. The van der Waals surface area contributed by atoms with Gasteiger partial charge in [-0.1, -0.05) is 0 Å². The number of hydrogen-bond acceptors (Lipinski definition) is 4. The number of phenolic OH excluding ortho intramolecular Hbond substituents is 1. The highest BCUT2D eigenvalue weighted by molar-refractivity contribution is 5.70. The van der Waals surface area contributed by atoms with Crippen molar-refractivity contribution in [2.75, 3.05) is 6.61 Å². The first-order valence-corrected chi connectivity index (χ1v) is 4.86. The maximum absolute atomic E-state index is 12.9. The van der Waals surface area contributed by atoms with E-state index in [0.29, 0.717) is 0 Å². The van der Waals surface area contributed by atoms with Crippen LogP contribution in [0.25, 0.3) is 0 Å². The molecule has 2 N–H and O–H groups in total. The zero-order valence-electron chi connectivity index (χ0n) is 8.81.